The van der Waals surface area contributed by atoms with E-state index in [9.17, 15) is 5.11 Å². The Morgan fingerprint density at radius 2 is 1.81 bits per heavy atom. The zero-order valence-corrected chi connectivity index (χ0v) is 11.4. The van der Waals surface area contributed by atoms with E-state index in [4.69, 9.17) is 0 Å². The van der Waals surface area contributed by atoms with Gasteiger partial charge in [-0.25, -0.2) is 0 Å². The second kappa shape index (κ2) is 7.69. The van der Waals surface area contributed by atoms with Crippen LogP contribution in [0, 0.1) is 0 Å². The summed E-state index contributed by atoms with van der Waals surface area (Å²) in [6.07, 6.45) is 3.79. The van der Waals surface area contributed by atoms with Gasteiger partial charge in [-0.15, -0.1) is 0 Å². The van der Waals surface area contributed by atoms with Crippen LogP contribution in [0.15, 0.2) is 24.3 Å². The maximum Gasteiger partial charge on any atom is 0.115 e. The second-order valence-electron chi connectivity index (χ2n) is 4.15. The summed E-state index contributed by atoms with van der Waals surface area (Å²) in [6, 6.07) is 7.44. The number of phenols is 1. The molecule has 2 nitrogen and oxygen atoms in total. The van der Waals surface area contributed by atoms with Crippen LogP contribution in [0.3, 0.4) is 0 Å². The van der Waals surface area contributed by atoms with Crippen molar-refractivity contribution in [3.63, 3.8) is 0 Å². The molecule has 0 aliphatic carbocycles. The van der Waals surface area contributed by atoms with Crippen molar-refractivity contribution in [3.05, 3.63) is 29.8 Å². The van der Waals surface area contributed by atoms with Gasteiger partial charge in [-0.2, -0.15) is 0 Å². The Kier molecular flexibility index (Phi) is 6.50. The Morgan fingerprint density at radius 3 is 2.44 bits per heavy atom. The molecule has 0 unspecified atom stereocenters. The van der Waals surface area contributed by atoms with Crippen molar-refractivity contribution in [3.8, 4) is 5.75 Å². The highest BCUT2D eigenvalue weighted by Gasteiger charge is 2.00. The first-order valence-corrected chi connectivity index (χ1v) is 6.87. The fourth-order valence-corrected chi connectivity index (χ4v) is 2.04. The van der Waals surface area contributed by atoms with E-state index in [1.807, 2.05) is 12.1 Å². The summed E-state index contributed by atoms with van der Waals surface area (Å²) in [7, 11) is 2.14. The Balaban J connectivity index is 2.23. The summed E-state index contributed by atoms with van der Waals surface area (Å²) < 4.78 is 0. The van der Waals surface area contributed by atoms with Crippen LogP contribution in [0.2, 0.25) is 0 Å². The Morgan fingerprint density at radius 1 is 1.12 bits per heavy atom. The molecule has 0 fully saturated rings. The van der Waals surface area contributed by atoms with E-state index in [1.54, 1.807) is 12.1 Å². The second-order valence-corrected chi connectivity index (χ2v) is 4.95. The van der Waals surface area contributed by atoms with Crippen LogP contribution in [-0.4, -0.2) is 28.9 Å². The van der Waals surface area contributed by atoms with Gasteiger partial charge < -0.3 is 10.0 Å². The molecule has 0 aromatic heterocycles. The SMILES string of the molecule is CN(CCCCCBr)Cc1ccc(O)cc1. The Labute approximate surface area is 106 Å². The molecule has 0 atom stereocenters. The van der Waals surface area contributed by atoms with Gasteiger partial charge in [-0.1, -0.05) is 34.5 Å². The van der Waals surface area contributed by atoms with E-state index in [-0.39, 0.29) is 0 Å². The van der Waals surface area contributed by atoms with Gasteiger partial charge >= 0.3 is 0 Å². The molecule has 1 N–H and O–H groups in total. The van der Waals surface area contributed by atoms with Crippen LogP contribution >= 0.6 is 15.9 Å². The lowest BCUT2D eigenvalue weighted by Crippen LogP contribution is -2.18. The molecule has 0 saturated carbocycles. The van der Waals surface area contributed by atoms with Gasteiger partial charge in [0.15, 0.2) is 0 Å². The molecule has 0 radical (unpaired) electrons. The molecule has 1 aromatic rings. The number of phenolic OH excluding ortho intramolecular Hbond substituents is 1. The zero-order chi connectivity index (χ0) is 11.8. The Hall–Kier alpha value is -0.540. The normalized spacial score (nSPS) is 10.9. The summed E-state index contributed by atoms with van der Waals surface area (Å²) in [5.41, 5.74) is 1.25. The summed E-state index contributed by atoms with van der Waals surface area (Å²) in [5, 5.41) is 10.3. The number of unbranched alkanes of at least 4 members (excludes halogenated alkanes) is 2. The first-order chi connectivity index (χ1) is 7.72. The van der Waals surface area contributed by atoms with Gasteiger partial charge in [-0.3, -0.25) is 0 Å². The van der Waals surface area contributed by atoms with E-state index in [1.165, 1.54) is 24.8 Å². The molecule has 0 spiro atoms. The minimum Gasteiger partial charge on any atom is -0.508 e. The van der Waals surface area contributed by atoms with Gasteiger partial charge in [0.1, 0.15) is 5.75 Å². The summed E-state index contributed by atoms with van der Waals surface area (Å²) in [6.45, 7) is 2.09. The topological polar surface area (TPSA) is 23.5 Å². The largest absolute Gasteiger partial charge is 0.508 e. The first kappa shape index (κ1) is 13.5. The van der Waals surface area contributed by atoms with Crippen LogP contribution < -0.4 is 0 Å². The van der Waals surface area contributed by atoms with Crippen molar-refractivity contribution in [2.45, 2.75) is 25.8 Å². The van der Waals surface area contributed by atoms with E-state index in [0.29, 0.717) is 5.75 Å². The number of hydrogen-bond acceptors (Lipinski definition) is 2. The number of rotatable bonds is 7. The molecule has 0 bridgehead atoms. The van der Waals surface area contributed by atoms with Crippen LogP contribution in [0.25, 0.3) is 0 Å². The van der Waals surface area contributed by atoms with Crippen molar-refractivity contribution in [1.82, 2.24) is 4.90 Å². The van der Waals surface area contributed by atoms with E-state index in [2.05, 4.69) is 27.9 Å². The highest BCUT2D eigenvalue weighted by Crippen LogP contribution is 2.11. The maximum atomic E-state index is 9.17. The number of benzene rings is 1. The molecule has 90 valence electrons. The van der Waals surface area contributed by atoms with Crippen LogP contribution in [0.5, 0.6) is 5.75 Å². The zero-order valence-electron chi connectivity index (χ0n) is 9.82. The average Bonchev–Trinajstić information content (AvgIpc) is 2.28. The van der Waals surface area contributed by atoms with Gasteiger partial charge in [0.2, 0.25) is 0 Å². The molecule has 16 heavy (non-hydrogen) atoms. The molecular weight excluding hydrogens is 266 g/mol. The molecular formula is C13H20BrNO. The lowest BCUT2D eigenvalue weighted by atomic mass is 10.2. The maximum absolute atomic E-state index is 9.17. The van der Waals surface area contributed by atoms with Gasteiger partial charge in [0.05, 0.1) is 0 Å². The van der Waals surface area contributed by atoms with Gasteiger partial charge in [0.25, 0.3) is 0 Å². The predicted octanol–water partition coefficient (Wildman–Crippen LogP) is 3.39. The average molecular weight is 286 g/mol. The Bertz CT molecular complexity index is 286. The molecule has 1 rings (SSSR count). The lowest BCUT2D eigenvalue weighted by molar-refractivity contribution is 0.318. The molecule has 3 heteroatoms. The van der Waals surface area contributed by atoms with Crippen molar-refractivity contribution in [1.29, 1.82) is 0 Å². The van der Waals surface area contributed by atoms with Crippen molar-refractivity contribution >= 4 is 15.9 Å². The first-order valence-electron chi connectivity index (χ1n) is 5.75. The van der Waals surface area contributed by atoms with Crippen molar-refractivity contribution < 1.29 is 5.11 Å². The molecule has 0 aliphatic rings. The molecule has 1 aromatic carbocycles. The smallest absolute Gasteiger partial charge is 0.115 e. The highest BCUT2D eigenvalue weighted by molar-refractivity contribution is 9.09. The van der Waals surface area contributed by atoms with E-state index < -0.39 is 0 Å². The quantitative estimate of drug-likeness (QED) is 0.613. The van der Waals surface area contributed by atoms with Crippen molar-refractivity contribution in [2.75, 3.05) is 18.9 Å². The molecule has 0 amide bonds. The molecule has 0 saturated heterocycles. The summed E-state index contributed by atoms with van der Waals surface area (Å²) in [5.74, 6) is 0.337. The molecule has 0 aliphatic heterocycles. The van der Waals surface area contributed by atoms with Crippen LogP contribution in [0.4, 0.5) is 0 Å². The third kappa shape index (κ3) is 5.52. The number of aromatic hydroxyl groups is 1. The highest BCUT2D eigenvalue weighted by atomic mass is 79.9. The summed E-state index contributed by atoms with van der Waals surface area (Å²) in [4.78, 5) is 2.32. The third-order valence-electron chi connectivity index (χ3n) is 2.56. The van der Waals surface area contributed by atoms with Gasteiger partial charge in [-0.05, 0) is 44.1 Å². The third-order valence-corrected chi connectivity index (χ3v) is 3.12. The minimum absolute atomic E-state index is 0.337. The summed E-state index contributed by atoms with van der Waals surface area (Å²) >= 11 is 3.44. The van der Waals surface area contributed by atoms with Crippen molar-refractivity contribution in [2.24, 2.45) is 0 Å². The number of alkyl halides is 1. The minimum atomic E-state index is 0.337. The fraction of sp³-hybridized carbons (Fsp3) is 0.538. The fourth-order valence-electron chi connectivity index (χ4n) is 1.65. The number of hydrogen-bond donors (Lipinski definition) is 1. The van der Waals surface area contributed by atoms with E-state index in [0.717, 1.165) is 18.4 Å². The number of nitrogens with zero attached hydrogens (tertiary/aromatic N) is 1. The van der Waals surface area contributed by atoms with Crippen LogP contribution in [-0.2, 0) is 6.54 Å². The van der Waals surface area contributed by atoms with E-state index >= 15 is 0 Å². The lowest BCUT2D eigenvalue weighted by Gasteiger charge is -2.16. The predicted molar refractivity (Wildman–Crippen MR) is 72.1 cm³/mol. The van der Waals surface area contributed by atoms with Crippen LogP contribution in [0.1, 0.15) is 24.8 Å². The molecule has 0 heterocycles. The monoisotopic (exact) mass is 285 g/mol. The number of halogens is 1. The van der Waals surface area contributed by atoms with Gasteiger partial charge in [0, 0.05) is 11.9 Å². The standard InChI is InChI=1S/C13H20BrNO/c1-15(10-4-2-3-9-14)11-12-5-7-13(16)8-6-12/h5-8,16H,2-4,9-11H2,1H3.